The van der Waals surface area contributed by atoms with Crippen molar-refractivity contribution in [2.24, 2.45) is 7.05 Å². The second kappa shape index (κ2) is 7.16. The first-order valence-electron chi connectivity index (χ1n) is 8.79. The van der Waals surface area contributed by atoms with Crippen molar-refractivity contribution in [3.8, 4) is 6.07 Å². The second-order valence-corrected chi connectivity index (χ2v) is 6.92. The molecule has 26 heavy (non-hydrogen) atoms. The van der Waals surface area contributed by atoms with E-state index in [4.69, 9.17) is 0 Å². The number of imidazole rings is 1. The van der Waals surface area contributed by atoms with Crippen molar-refractivity contribution in [3.63, 3.8) is 0 Å². The molecule has 1 fully saturated rings. The van der Waals surface area contributed by atoms with Crippen LogP contribution in [0.5, 0.6) is 0 Å². The van der Waals surface area contributed by atoms with Gasteiger partial charge in [-0.15, -0.1) is 0 Å². The molecule has 0 unspecified atom stereocenters. The molecule has 0 bridgehead atoms. The Morgan fingerprint density at radius 2 is 2.04 bits per heavy atom. The molecular formula is C19H24N6O. The molecule has 3 heterocycles. The fourth-order valence-electron chi connectivity index (χ4n) is 3.56. The van der Waals surface area contributed by atoms with Gasteiger partial charge in [-0.1, -0.05) is 0 Å². The van der Waals surface area contributed by atoms with Crippen LogP contribution in [-0.4, -0.2) is 51.5 Å². The quantitative estimate of drug-likeness (QED) is 0.845. The van der Waals surface area contributed by atoms with Crippen molar-refractivity contribution >= 4 is 11.7 Å². The molecule has 2 aromatic rings. The lowest BCUT2D eigenvalue weighted by atomic mass is 10.0. The number of anilines is 1. The van der Waals surface area contributed by atoms with E-state index in [9.17, 15) is 10.1 Å². The maximum atomic E-state index is 12.7. The van der Waals surface area contributed by atoms with E-state index in [1.54, 1.807) is 17.1 Å². The highest BCUT2D eigenvalue weighted by Gasteiger charge is 2.28. The summed E-state index contributed by atoms with van der Waals surface area (Å²) in [5.74, 6) is 0.759. The fraction of sp³-hybridized carbons (Fsp3) is 0.474. The highest BCUT2D eigenvalue weighted by atomic mass is 16.2. The number of aromatic nitrogens is 3. The molecule has 0 spiro atoms. The zero-order chi connectivity index (χ0) is 18.8. The van der Waals surface area contributed by atoms with Crippen LogP contribution in [0.1, 0.15) is 40.2 Å². The molecule has 1 amide bonds. The molecule has 1 saturated heterocycles. The molecule has 0 radical (unpaired) electrons. The first kappa shape index (κ1) is 17.9. The highest BCUT2D eigenvalue weighted by molar-refractivity contribution is 5.92. The van der Waals surface area contributed by atoms with E-state index in [1.165, 1.54) is 0 Å². The molecule has 0 N–H and O–H groups in total. The van der Waals surface area contributed by atoms with Crippen LogP contribution in [0.4, 0.5) is 5.82 Å². The van der Waals surface area contributed by atoms with Crippen LogP contribution < -0.4 is 4.90 Å². The van der Waals surface area contributed by atoms with E-state index in [0.29, 0.717) is 11.3 Å². The van der Waals surface area contributed by atoms with Crippen molar-refractivity contribution in [1.82, 2.24) is 19.4 Å². The van der Waals surface area contributed by atoms with Gasteiger partial charge in [-0.2, -0.15) is 5.26 Å². The average Bonchev–Trinajstić information content (AvgIpc) is 3.06. The normalized spacial score (nSPS) is 15.0. The van der Waals surface area contributed by atoms with Gasteiger partial charge >= 0.3 is 0 Å². The molecule has 7 nitrogen and oxygen atoms in total. The third-order valence-corrected chi connectivity index (χ3v) is 5.11. The van der Waals surface area contributed by atoms with Gasteiger partial charge in [0.15, 0.2) is 0 Å². The standard InChI is InChI=1S/C19H24N6O/c1-13-9-14(2)22-18(16(13)10-20)25-7-5-15(6-8-25)24(4)19(26)17-11-21-12-23(17)3/h9,11-12,15H,5-8H2,1-4H3. The minimum atomic E-state index is -0.00862. The Hall–Kier alpha value is -2.88. The van der Waals surface area contributed by atoms with Gasteiger partial charge in [0.05, 0.1) is 18.1 Å². The minimum absolute atomic E-state index is 0.00862. The van der Waals surface area contributed by atoms with Gasteiger partial charge in [-0.05, 0) is 38.3 Å². The van der Waals surface area contributed by atoms with Crippen LogP contribution in [0.15, 0.2) is 18.6 Å². The molecule has 1 aliphatic heterocycles. The first-order chi connectivity index (χ1) is 12.4. The van der Waals surface area contributed by atoms with Crippen molar-refractivity contribution in [2.45, 2.75) is 32.7 Å². The number of nitrogens with zero attached hydrogens (tertiary/aromatic N) is 6. The van der Waals surface area contributed by atoms with Gasteiger partial charge in [0.25, 0.3) is 5.91 Å². The average molecular weight is 352 g/mol. The van der Waals surface area contributed by atoms with Gasteiger partial charge in [0, 0.05) is 38.9 Å². The van der Waals surface area contributed by atoms with Crippen molar-refractivity contribution < 1.29 is 4.79 Å². The minimum Gasteiger partial charge on any atom is -0.355 e. The van der Waals surface area contributed by atoms with Crippen molar-refractivity contribution in [1.29, 1.82) is 5.26 Å². The molecular weight excluding hydrogens is 328 g/mol. The summed E-state index contributed by atoms with van der Waals surface area (Å²) in [6, 6.07) is 4.40. The number of amides is 1. The number of rotatable bonds is 3. The Morgan fingerprint density at radius 1 is 1.35 bits per heavy atom. The lowest BCUT2D eigenvalue weighted by Gasteiger charge is -2.37. The Bertz CT molecular complexity index is 857. The number of carbonyl (C=O) groups excluding carboxylic acids is 1. The van der Waals surface area contributed by atoms with Crippen LogP contribution in [-0.2, 0) is 7.05 Å². The molecule has 0 atom stereocenters. The number of aryl methyl sites for hydroxylation is 3. The van der Waals surface area contributed by atoms with Gasteiger partial charge in [-0.3, -0.25) is 4.79 Å². The van der Waals surface area contributed by atoms with E-state index >= 15 is 0 Å². The lowest BCUT2D eigenvalue weighted by molar-refractivity contribution is 0.0699. The largest absolute Gasteiger partial charge is 0.355 e. The molecule has 0 saturated carbocycles. The Kier molecular flexibility index (Phi) is 4.94. The number of pyridine rings is 1. The molecule has 0 aromatic carbocycles. The summed E-state index contributed by atoms with van der Waals surface area (Å²) in [6.45, 7) is 5.45. The second-order valence-electron chi connectivity index (χ2n) is 6.92. The Labute approximate surface area is 153 Å². The van der Waals surface area contributed by atoms with Crippen molar-refractivity contribution in [2.75, 3.05) is 25.0 Å². The van der Waals surface area contributed by atoms with Gasteiger partial charge in [0.1, 0.15) is 17.6 Å². The summed E-state index contributed by atoms with van der Waals surface area (Å²) in [4.78, 5) is 25.3. The number of piperidine rings is 1. The number of carbonyl (C=O) groups is 1. The van der Waals surface area contributed by atoms with E-state index in [1.807, 2.05) is 38.9 Å². The SMILES string of the molecule is Cc1cc(C)c(C#N)c(N2CCC(N(C)C(=O)c3cncn3C)CC2)n1. The predicted octanol–water partition coefficient (Wildman–Crippen LogP) is 2.04. The maximum Gasteiger partial charge on any atom is 0.272 e. The molecule has 136 valence electrons. The topological polar surface area (TPSA) is 78.0 Å². The lowest BCUT2D eigenvalue weighted by Crippen LogP contribution is -2.46. The van der Waals surface area contributed by atoms with Crippen LogP contribution in [0.3, 0.4) is 0 Å². The molecule has 1 aliphatic rings. The monoisotopic (exact) mass is 352 g/mol. The van der Waals surface area contributed by atoms with Gasteiger partial charge in [-0.25, -0.2) is 9.97 Å². The first-order valence-corrected chi connectivity index (χ1v) is 8.79. The van der Waals surface area contributed by atoms with E-state index in [2.05, 4.69) is 20.9 Å². The molecule has 7 heteroatoms. The molecule has 2 aromatic heterocycles. The smallest absolute Gasteiger partial charge is 0.272 e. The number of nitriles is 1. The summed E-state index contributed by atoms with van der Waals surface area (Å²) in [5.41, 5.74) is 3.12. The molecule has 0 aliphatic carbocycles. The summed E-state index contributed by atoms with van der Waals surface area (Å²) < 4.78 is 1.74. The van der Waals surface area contributed by atoms with Crippen LogP contribution in [0.2, 0.25) is 0 Å². The zero-order valence-corrected chi connectivity index (χ0v) is 15.7. The third-order valence-electron chi connectivity index (χ3n) is 5.11. The summed E-state index contributed by atoms with van der Waals surface area (Å²) in [5, 5.41) is 9.49. The fourth-order valence-corrected chi connectivity index (χ4v) is 3.56. The zero-order valence-electron chi connectivity index (χ0n) is 15.7. The molecule has 3 rings (SSSR count). The van der Waals surface area contributed by atoms with Crippen LogP contribution in [0, 0.1) is 25.2 Å². The number of hydrogen-bond acceptors (Lipinski definition) is 5. The third kappa shape index (κ3) is 3.27. The van der Waals surface area contributed by atoms with E-state index in [0.717, 1.165) is 43.0 Å². The maximum absolute atomic E-state index is 12.7. The van der Waals surface area contributed by atoms with Gasteiger partial charge < -0.3 is 14.4 Å². The predicted molar refractivity (Wildman–Crippen MR) is 99.0 cm³/mol. The number of hydrogen-bond donors (Lipinski definition) is 0. The summed E-state index contributed by atoms with van der Waals surface area (Å²) in [6.07, 6.45) is 4.94. The van der Waals surface area contributed by atoms with Gasteiger partial charge in [0.2, 0.25) is 0 Å². The summed E-state index contributed by atoms with van der Waals surface area (Å²) in [7, 11) is 3.68. The Balaban J connectivity index is 1.71. The highest BCUT2D eigenvalue weighted by Crippen LogP contribution is 2.26. The Morgan fingerprint density at radius 3 is 2.62 bits per heavy atom. The van der Waals surface area contributed by atoms with Crippen LogP contribution in [0.25, 0.3) is 0 Å². The van der Waals surface area contributed by atoms with Crippen molar-refractivity contribution in [3.05, 3.63) is 41.1 Å². The van der Waals surface area contributed by atoms with Crippen LogP contribution >= 0.6 is 0 Å². The van der Waals surface area contributed by atoms with E-state index in [-0.39, 0.29) is 11.9 Å². The van der Waals surface area contributed by atoms with E-state index < -0.39 is 0 Å². The summed E-state index contributed by atoms with van der Waals surface area (Å²) >= 11 is 0.